The number of aromatic nitrogens is 1. The molecule has 1 unspecified atom stereocenters. The van der Waals surface area contributed by atoms with E-state index in [-0.39, 0.29) is 5.92 Å². The minimum Gasteiger partial charge on any atom is -0.496 e. The maximum Gasteiger partial charge on any atom is 0.133 e. The lowest BCUT2D eigenvalue weighted by atomic mass is 9.95. The number of nitrogens with one attached hydrogen (secondary N) is 1. The van der Waals surface area contributed by atoms with E-state index in [1.807, 2.05) is 36.7 Å². The Hall–Kier alpha value is -1.73. The van der Waals surface area contributed by atoms with Gasteiger partial charge in [0.1, 0.15) is 5.75 Å². The number of hydrogen-bond donors (Lipinski definition) is 1. The number of rotatable bonds is 3. The highest BCUT2D eigenvalue weighted by atomic mass is 79.9. The molecule has 1 aromatic carbocycles. The molecule has 1 heterocycles. The maximum atomic E-state index is 9.26. The van der Waals surface area contributed by atoms with E-state index in [2.05, 4.69) is 27.0 Å². The highest BCUT2D eigenvalue weighted by Crippen LogP contribution is 2.31. The van der Waals surface area contributed by atoms with Crippen molar-refractivity contribution in [3.63, 3.8) is 0 Å². The van der Waals surface area contributed by atoms with Crippen LogP contribution in [0.3, 0.4) is 0 Å². The van der Waals surface area contributed by atoms with Crippen molar-refractivity contribution in [2.75, 3.05) is 7.11 Å². The molecule has 1 N–H and O–H groups in total. The van der Waals surface area contributed by atoms with Gasteiger partial charge < -0.3 is 9.72 Å². The van der Waals surface area contributed by atoms with Crippen molar-refractivity contribution >= 4 is 15.9 Å². The average Bonchev–Trinajstić information content (AvgIpc) is 2.84. The number of H-pyrrole nitrogens is 1. The highest BCUT2D eigenvalue weighted by Gasteiger charge is 2.15. The molecule has 0 bridgehead atoms. The third-order valence-electron chi connectivity index (χ3n) is 2.59. The molecule has 2 rings (SSSR count). The molecule has 17 heavy (non-hydrogen) atoms. The lowest BCUT2D eigenvalue weighted by molar-refractivity contribution is 0.412. The van der Waals surface area contributed by atoms with E-state index in [1.165, 1.54) is 0 Å². The lowest BCUT2D eigenvalue weighted by Crippen LogP contribution is -1.97. The summed E-state index contributed by atoms with van der Waals surface area (Å²) < 4.78 is 6.02. The first kappa shape index (κ1) is 11.7. The van der Waals surface area contributed by atoms with Crippen LogP contribution in [0, 0.1) is 11.3 Å². The van der Waals surface area contributed by atoms with Crippen LogP contribution >= 0.6 is 15.9 Å². The maximum absolute atomic E-state index is 9.26. The quantitative estimate of drug-likeness (QED) is 0.941. The zero-order valence-electron chi connectivity index (χ0n) is 9.27. The monoisotopic (exact) mass is 290 g/mol. The van der Waals surface area contributed by atoms with Gasteiger partial charge in [0.2, 0.25) is 0 Å². The molecule has 2 aromatic rings. The third kappa shape index (κ3) is 2.34. The van der Waals surface area contributed by atoms with Gasteiger partial charge in [-0.1, -0.05) is 6.07 Å². The Balaban J connectivity index is 2.40. The molecule has 0 aliphatic carbocycles. The van der Waals surface area contributed by atoms with Gasteiger partial charge in [-0.3, -0.25) is 0 Å². The van der Waals surface area contributed by atoms with Crippen LogP contribution < -0.4 is 4.74 Å². The molecule has 0 spiro atoms. The first-order valence-corrected chi connectivity index (χ1v) is 5.91. The summed E-state index contributed by atoms with van der Waals surface area (Å²) in [6.45, 7) is 0. The van der Waals surface area contributed by atoms with Gasteiger partial charge in [-0.25, -0.2) is 0 Å². The molecule has 3 nitrogen and oxygen atoms in total. The van der Waals surface area contributed by atoms with Gasteiger partial charge in [0.25, 0.3) is 0 Å². The minimum absolute atomic E-state index is 0.261. The molecular formula is C13H11BrN2O. The third-order valence-corrected chi connectivity index (χ3v) is 3.21. The summed E-state index contributed by atoms with van der Waals surface area (Å²) in [4.78, 5) is 2.96. The van der Waals surface area contributed by atoms with Crippen LogP contribution in [0.25, 0.3) is 0 Å². The van der Waals surface area contributed by atoms with Crippen molar-refractivity contribution in [1.82, 2.24) is 4.98 Å². The van der Waals surface area contributed by atoms with Crippen LogP contribution in [-0.2, 0) is 0 Å². The van der Waals surface area contributed by atoms with E-state index >= 15 is 0 Å². The Morgan fingerprint density at radius 1 is 1.35 bits per heavy atom. The van der Waals surface area contributed by atoms with Gasteiger partial charge in [0.15, 0.2) is 0 Å². The molecule has 0 saturated carbocycles. The smallest absolute Gasteiger partial charge is 0.133 e. The standard InChI is InChI=1S/C13H11BrN2O/c1-17-13-3-2-9(6-12(13)14)11(7-15)10-4-5-16-8-10/h2-6,8,11,16H,1H3. The van der Waals surface area contributed by atoms with E-state index in [1.54, 1.807) is 7.11 Å². The lowest BCUT2D eigenvalue weighted by Gasteiger charge is -2.10. The van der Waals surface area contributed by atoms with Gasteiger partial charge in [-0.2, -0.15) is 5.26 Å². The summed E-state index contributed by atoms with van der Waals surface area (Å²) in [5, 5.41) is 9.26. The van der Waals surface area contributed by atoms with E-state index < -0.39 is 0 Å². The number of ether oxygens (including phenoxy) is 1. The topological polar surface area (TPSA) is 48.8 Å². The van der Waals surface area contributed by atoms with Gasteiger partial charge in [0.05, 0.1) is 23.6 Å². The second kappa shape index (κ2) is 5.07. The van der Waals surface area contributed by atoms with Gasteiger partial charge in [0, 0.05) is 12.4 Å². The Morgan fingerprint density at radius 3 is 2.71 bits per heavy atom. The molecule has 0 aliphatic rings. The second-order valence-corrected chi connectivity index (χ2v) is 4.45. The van der Waals surface area contributed by atoms with Gasteiger partial charge in [-0.15, -0.1) is 0 Å². The van der Waals surface area contributed by atoms with Crippen LogP contribution in [0.5, 0.6) is 5.75 Å². The molecule has 86 valence electrons. The summed E-state index contributed by atoms with van der Waals surface area (Å²) in [6, 6.07) is 9.89. The van der Waals surface area contributed by atoms with Crippen molar-refractivity contribution in [1.29, 1.82) is 5.26 Å². The van der Waals surface area contributed by atoms with Crippen LogP contribution in [0.2, 0.25) is 0 Å². The molecule has 0 radical (unpaired) electrons. The fraction of sp³-hybridized carbons (Fsp3) is 0.154. The zero-order chi connectivity index (χ0) is 12.3. The first-order valence-electron chi connectivity index (χ1n) is 5.12. The largest absolute Gasteiger partial charge is 0.496 e. The van der Waals surface area contributed by atoms with Gasteiger partial charge in [-0.05, 0) is 45.3 Å². The number of hydrogen-bond acceptors (Lipinski definition) is 2. The Bertz CT molecular complexity index is 543. The first-order chi connectivity index (χ1) is 8.26. The number of halogens is 1. The molecule has 0 aliphatic heterocycles. The fourth-order valence-electron chi connectivity index (χ4n) is 1.72. The summed E-state index contributed by atoms with van der Waals surface area (Å²) in [6.07, 6.45) is 3.66. The van der Waals surface area contributed by atoms with Crippen molar-refractivity contribution in [3.8, 4) is 11.8 Å². The number of methoxy groups -OCH3 is 1. The van der Waals surface area contributed by atoms with Crippen molar-refractivity contribution in [3.05, 3.63) is 52.3 Å². The van der Waals surface area contributed by atoms with Crippen molar-refractivity contribution < 1.29 is 4.74 Å². The van der Waals surface area contributed by atoms with Gasteiger partial charge >= 0.3 is 0 Å². The summed E-state index contributed by atoms with van der Waals surface area (Å²) in [7, 11) is 1.62. The summed E-state index contributed by atoms with van der Waals surface area (Å²) in [5.41, 5.74) is 1.91. The van der Waals surface area contributed by atoms with E-state index in [4.69, 9.17) is 4.74 Å². The predicted octanol–water partition coefficient (Wildman–Crippen LogP) is 3.44. The molecule has 0 saturated heterocycles. The average molecular weight is 291 g/mol. The fourth-order valence-corrected chi connectivity index (χ4v) is 2.28. The molecule has 1 aromatic heterocycles. The van der Waals surface area contributed by atoms with Crippen LogP contribution in [0.1, 0.15) is 17.0 Å². The number of nitriles is 1. The molecule has 0 amide bonds. The molecule has 1 atom stereocenters. The zero-order valence-corrected chi connectivity index (χ0v) is 10.9. The van der Waals surface area contributed by atoms with Crippen LogP contribution in [0.15, 0.2) is 41.1 Å². The highest BCUT2D eigenvalue weighted by molar-refractivity contribution is 9.10. The summed E-state index contributed by atoms with van der Waals surface area (Å²) >= 11 is 3.43. The SMILES string of the molecule is COc1ccc(C(C#N)c2cc[nH]c2)cc1Br. The predicted molar refractivity (Wildman–Crippen MR) is 68.9 cm³/mol. The summed E-state index contributed by atoms with van der Waals surface area (Å²) in [5.74, 6) is 0.503. The van der Waals surface area contributed by atoms with Crippen molar-refractivity contribution in [2.45, 2.75) is 5.92 Å². The molecule has 4 heteroatoms. The van der Waals surface area contributed by atoms with E-state index in [0.717, 1.165) is 21.3 Å². The number of nitrogens with zero attached hydrogens (tertiary/aromatic N) is 1. The Labute approximate surface area is 108 Å². The van der Waals surface area contributed by atoms with Crippen molar-refractivity contribution in [2.24, 2.45) is 0 Å². The number of aromatic amines is 1. The van der Waals surface area contributed by atoms with E-state index in [0.29, 0.717) is 0 Å². The minimum atomic E-state index is -0.261. The normalized spacial score (nSPS) is 11.8. The molecular weight excluding hydrogens is 280 g/mol. The second-order valence-electron chi connectivity index (χ2n) is 3.60. The Morgan fingerprint density at radius 2 is 2.18 bits per heavy atom. The number of benzene rings is 1. The molecule has 0 fully saturated rings. The van der Waals surface area contributed by atoms with Crippen LogP contribution in [0.4, 0.5) is 0 Å². The van der Waals surface area contributed by atoms with Crippen LogP contribution in [-0.4, -0.2) is 12.1 Å². The Kier molecular flexibility index (Phi) is 3.50. The van der Waals surface area contributed by atoms with E-state index in [9.17, 15) is 5.26 Å².